The monoisotopic (exact) mass is 284 g/mol. The number of fused-ring (bicyclic) bond motifs is 1. The zero-order valence-corrected chi connectivity index (χ0v) is 13.1. The van der Waals surface area contributed by atoms with E-state index in [0.29, 0.717) is 0 Å². The molecule has 0 spiro atoms. The standard InChI is InChI=1S/C18H24N2O/c1-11-8-9-14-12(2)10-17(20-18(14)13(11)3)19-15-6-4-5-7-16(15)21/h8-10,15-16,21H,4-7H2,1-3H3,(H,19,20)/t15-,16-/m1/s1. The van der Waals surface area contributed by atoms with Crippen molar-refractivity contribution < 1.29 is 5.11 Å². The van der Waals surface area contributed by atoms with Crippen LogP contribution in [0.3, 0.4) is 0 Å². The van der Waals surface area contributed by atoms with Crippen molar-refractivity contribution in [1.82, 2.24) is 4.98 Å². The van der Waals surface area contributed by atoms with Gasteiger partial charge in [0.05, 0.1) is 17.7 Å². The first-order valence-corrected chi connectivity index (χ1v) is 7.88. The molecule has 21 heavy (non-hydrogen) atoms. The topological polar surface area (TPSA) is 45.1 Å². The van der Waals surface area contributed by atoms with E-state index < -0.39 is 0 Å². The van der Waals surface area contributed by atoms with Crippen LogP contribution in [0.5, 0.6) is 0 Å². The third-order valence-corrected chi connectivity index (χ3v) is 4.77. The smallest absolute Gasteiger partial charge is 0.127 e. The number of anilines is 1. The fraction of sp³-hybridized carbons (Fsp3) is 0.500. The average Bonchev–Trinajstić information content (AvgIpc) is 2.46. The number of benzene rings is 1. The van der Waals surface area contributed by atoms with Crippen LogP contribution in [0, 0.1) is 20.8 Å². The third kappa shape index (κ3) is 2.75. The van der Waals surface area contributed by atoms with E-state index >= 15 is 0 Å². The Kier molecular flexibility index (Phi) is 3.85. The van der Waals surface area contributed by atoms with E-state index in [2.05, 4.69) is 44.3 Å². The van der Waals surface area contributed by atoms with Gasteiger partial charge in [-0.2, -0.15) is 0 Å². The molecule has 2 aromatic rings. The van der Waals surface area contributed by atoms with Crippen LogP contribution in [0.1, 0.15) is 42.4 Å². The summed E-state index contributed by atoms with van der Waals surface area (Å²) < 4.78 is 0. The summed E-state index contributed by atoms with van der Waals surface area (Å²) in [6, 6.07) is 6.54. The van der Waals surface area contributed by atoms with Gasteiger partial charge in [-0.25, -0.2) is 4.98 Å². The molecular weight excluding hydrogens is 260 g/mol. The summed E-state index contributed by atoms with van der Waals surface area (Å²) in [5.74, 6) is 0.889. The highest BCUT2D eigenvalue weighted by molar-refractivity contribution is 5.87. The summed E-state index contributed by atoms with van der Waals surface area (Å²) in [5.41, 5.74) is 4.81. The van der Waals surface area contributed by atoms with E-state index in [1.165, 1.54) is 28.5 Å². The molecular formula is C18H24N2O. The molecule has 112 valence electrons. The number of rotatable bonds is 2. The first kappa shape index (κ1) is 14.3. The number of aliphatic hydroxyl groups excluding tert-OH is 1. The highest BCUT2D eigenvalue weighted by Crippen LogP contribution is 2.27. The fourth-order valence-corrected chi connectivity index (χ4v) is 3.24. The second-order valence-electron chi connectivity index (χ2n) is 6.33. The van der Waals surface area contributed by atoms with Crippen molar-refractivity contribution in [2.24, 2.45) is 0 Å². The Balaban J connectivity index is 1.97. The molecule has 3 nitrogen and oxygen atoms in total. The zero-order valence-electron chi connectivity index (χ0n) is 13.1. The number of aryl methyl sites for hydroxylation is 3. The van der Waals surface area contributed by atoms with Crippen molar-refractivity contribution >= 4 is 16.7 Å². The number of hydrogen-bond donors (Lipinski definition) is 2. The summed E-state index contributed by atoms with van der Waals surface area (Å²) in [5, 5.41) is 14.8. The summed E-state index contributed by atoms with van der Waals surface area (Å²) >= 11 is 0. The Morgan fingerprint density at radius 3 is 2.62 bits per heavy atom. The molecule has 2 atom stereocenters. The van der Waals surface area contributed by atoms with Gasteiger partial charge in [-0.1, -0.05) is 25.0 Å². The van der Waals surface area contributed by atoms with Gasteiger partial charge in [0.15, 0.2) is 0 Å². The number of nitrogens with zero attached hydrogens (tertiary/aromatic N) is 1. The summed E-state index contributed by atoms with van der Waals surface area (Å²) in [6.07, 6.45) is 3.96. The van der Waals surface area contributed by atoms with Crippen molar-refractivity contribution in [2.45, 2.75) is 58.6 Å². The molecule has 2 N–H and O–H groups in total. The molecule has 3 rings (SSSR count). The second kappa shape index (κ2) is 5.64. The SMILES string of the molecule is Cc1ccc2c(C)cc(N[C@@H]3CCCC[C@H]3O)nc2c1C. The molecule has 1 aromatic carbocycles. The van der Waals surface area contributed by atoms with Gasteiger partial charge in [-0.15, -0.1) is 0 Å². The minimum atomic E-state index is -0.254. The van der Waals surface area contributed by atoms with E-state index in [-0.39, 0.29) is 12.1 Å². The van der Waals surface area contributed by atoms with Crippen LogP contribution in [0.2, 0.25) is 0 Å². The Bertz CT molecular complexity index is 666. The second-order valence-corrected chi connectivity index (χ2v) is 6.33. The third-order valence-electron chi connectivity index (χ3n) is 4.77. The minimum absolute atomic E-state index is 0.133. The maximum absolute atomic E-state index is 10.1. The van der Waals surface area contributed by atoms with Crippen molar-refractivity contribution in [2.75, 3.05) is 5.32 Å². The molecule has 0 unspecified atom stereocenters. The van der Waals surface area contributed by atoms with Gasteiger partial charge in [-0.3, -0.25) is 0 Å². The number of aromatic nitrogens is 1. The van der Waals surface area contributed by atoms with E-state index in [0.717, 1.165) is 30.6 Å². The Hall–Kier alpha value is -1.61. The molecule has 1 fully saturated rings. The highest BCUT2D eigenvalue weighted by atomic mass is 16.3. The van der Waals surface area contributed by atoms with Crippen LogP contribution in [0.4, 0.5) is 5.82 Å². The molecule has 1 aliphatic rings. The Morgan fingerprint density at radius 1 is 1.10 bits per heavy atom. The zero-order chi connectivity index (χ0) is 15.0. The molecule has 0 aliphatic heterocycles. The van der Waals surface area contributed by atoms with Crippen LogP contribution >= 0.6 is 0 Å². The predicted molar refractivity (Wildman–Crippen MR) is 87.8 cm³/mol. The van der Waals surface area contributed by atoms with Gasteiger partial charge in [0.2, 0.25) is 0 Å². The largest absolute Gasteiger partial charge is 0.391 e. The molecule has 1 saturated carbocycles. The highest BCUT2D eigenvalue weighted by Gasteiger charge is 2.23. The first-order chi connectivity index (χ1) is 10.1. The lowest BCUT2D eigenvalue weighted by Crippen LogP contribution is -2.36. The fourth-order valence-electron chi connectivity index (χ4n) is 3.24. The molecule has 0 radical (unpaired) electrons. The molecule has 0 bridgehead atoms. The number of pyridine rings is 1. The van der Waals surface area contributed by atoms with Gasteiger partial charge < -0.3 is 10.4 Å². The quantitative estimate of drug-likeness (QED) is 0.879. The van der Waals surface area contributed by atoms with Gasteiger partial charge in [0, 0.05) is 5.39 Å². The van der Waals surface area contributed by atoms with E-state index in [1.54, 1.807) is 0 Å². The molecule has 1 heterocycles. The number of nitrogens with one attached hydrogen (secondary N) is 1. The normalized spacial score (nSPS) is 22.5. The molecule has 1 aliphatic carbocycles. The van der Waals surface area contributed by atoms with Gasteiger partial charge in [0.1, 0.15) is 5.82 Å². The lowest BCUT2D eigenvalue weighted by molar-refractivity contribution is 0.116. The Labute approximate surface area is 126 Å². The van der Waals surface area contributed by atoms with Crippen LogP contribution < -0.4 is 5.32 Å². The maximum atomic E-state index is 10.1. The average molecular weight is 284 g/mol. The van der Waals surface area contributed by atoms with Crippen LogP contribution in [0.15, 0.2) is 18.2 Å². The van der Waals surface area contributed by atoms with Crippen LogP contribution in [0.25, 0.3) is 10.9 Å². The van der Waals surface area contributed by atoms with Crippen LogP contribution in [-0.2, 0) is 0 Å². The van der Waals surface area contributed by atoms with Gasteiger partial charge in [-0.05, 0) is 56.4 Å². The van der Waals surface area contributed by atoms with Crippen LogP contribution in [-0.4, -0.2) is 22.2 Å². The van der Waals surface area contributed by atoms with E-state index in [9.17, 15) is 5.11 Å². The van der Waals surface area contributed by atoms with E-state index in [1.807, 2.05) is 0 Å². The summed E-state index contributed by atoms with van der Waals surface area (Å²) in [6.45, 7) is 6.38. The summed E-state index contributed by atoms with van der Waals surface area (Å²) in [7, 11) is 0. The molecule has 0 saturated heterocycles. The Morgan fingerprint density at radius 2 is 1.86 bits per heavy atom. The number of hydrogen-bond acceptors (Lipinski definition) is 3. The summed E-state index contributed by atoms with van der Waals surface area (Å²) in [4.78, 5) is 4.80. The van der Waals surface area contributed by atoms with Crippen molar-refractivity contribution in [3.63, 3.8) is 0 Å². The van der Waals surface area contributed by atoms with E-state index in [4.69, 9.17) is 4.98 Å². The van der Waals surface area contributed by atoms with Crippen molar-refractivity contribution in [3.8, 4) is 0 Å². The lowest BCUT2D eigenvalue weighted by Gasteiger charge is -2.29. The van der Waals surface area contributed by atoms with Crippen molar-refractivity contribution in [3.05, 3.63) is 34.9 Å². The lowest BCUT2D eigenvalue weighted by atomic mass is 9.92. The first-order valence-electron chi connectivity index (χ1n) is 7.88. The van der Waals surface area contributed by atoms with Gasteiger partial charge >= 0.3 is 0 Å². The minimum Gasteiger partial charge on any atom is -0.391 e. The number of aliphatic hydroxyl groups is 1. The van der Waals surface area contributed by atoms with Crippen molar-refractivity contribution in [1.29, 1.82) is 0 Å². The molecule has 3 heteroatoms. The van der Waals surface area contributed by atoms with Gasteiger partial charge in [0.25, 0.3) is 0 Å². The predicted octanol–water partition coefficient (Wildman–Crippen LogP) is 3.88. The molecule has 0 amide bonds. The maximum Gasteiger partial charge on any atom is 0.127 e. The molecule has 1 aromatic heterocycles.